The number of fused-ring (bicyclic) bond motifs is 1. The van der Waals surface area contributed by atoms with E-state index >= 15 is 0 Å². The molecule has 6 heteroatoms. The van der Waals surface area contributed by atoms with Gasteiger partial charge in [-0.3, -0.25) is 4.79 Å². The lowest BCUT2D eigenvalue weighted by Crippen LogP contribution is -2.33. The molecular formula is C19H25N5O. The molecule has 0 fully saturated rings. The molecule has 2 heterocycles. The zero-order chi connectivity index (χ0) is 17.6. The van der Waals surface area contributed by atoms with Crippen molar-refractivity contribution >= 4 is 11.9 Å². The Labute approximate surface area is 148 Å². The highest BCUT2D eigenvalue weighted by atomic mass is 16.1. The van der Waals surface area contributed by atoms with Crippen LogP contribution in [0.25, 0.3) is 0 Å². The maximum absolute atomic E-state index is 12.3. The molecule has 2 aromatic rings. The first-order valence-electron chi connectivity index (χ1n) is 8.71. The lowest BCUT2D eigenvalue weighted by Gasteiger charge is -2.28. The van der Waals surface area contributed by atoms with E-state index in [0.717, 1.165) is 32.5 Å². The normalized spacial score (nSPS) is 13.6. The van der Waals surface area contributed by atoms with E-state index in [1.807, 2.05) is 14.1 Å². The minimum atomic E-state index is -0.139. The van der Waals surface area contributed by atoms with Crippen molar-refractivity contribution in [3.05, 3.63) is 53.3 Å². The molecule has 0 unspecified atom stereocenters. The Kier molecular flexibility index (Phi) is 5.60. The number of nitrogens with zero attached hydrogens (tertiary/aromatic N) is 4. The van der Waals surface area contributed by atoms with E-state index < -0.39 is 0 Å². The molecule has 1 amide bonds. The number of benzene rings is 1. The van der Waals surface area contributed by atoms with Gasteiger partial charge in [0.25, 0.3) is 5.91 Å². The van der Waals surface area contributed by atoms with Crippen molar-refractivity contribution in [2.24, 2.45) is 0 Å². The maximum Gasteiger partial charge on any atom is 0.270 e. The molecule has 0 saturated carbocycles. The molecule has 132 valence electrons. The number of carbonyl (C=O) groups excluding carboxylic acids is 1. The molecule has 1 N–H and O–H groups in total. The molecule has 0 aliphatic carbocycles. The predicted octanol–water partition coefficient (Wildman–Crippen LogP) is 1.72. The molecule has 1 aromatic heterocycles. The van der Waals surface area contributed by atoms with Crippen LogP contribution in [-0.2, 0) is 13.0 Å². The molecule has 0 saturated heterocycles. The lowest BCUT2D eigenvalue weighted by molar-refractivity contribution is 0.0947. The highest BCUT2D eigenvalue weighted by molar-refractivity contribution is 5.92. The summed E-state index contributed by atoms with van der Waals surface area (Å²) in [5, 5.41) is 2.93. The van der Waals surface area contributed by atoms with Gasteiger partial charge in [0.05, 0.1) is 0 Å². The summed E-state index contributed by atoms with van der Waals surface area (Å²) in [6, 6.07) is 10.1. The largest absolute Gasteiger partial charge is 0.351 e. The highest BCUT2D eigenvalue weighted by Crippen LogP contribution is 2.21. The summed E-state index contributed by atoms with van der Waals surface area (Å²) in [7, 11) is 4.05. The summed E-state index contributed by atoms with van der Waals surface area (Å²) in [4.78, 5) is 25.4. The Morgan fingerprint density at radius 1 is 1.24 bits per heavy atom. The van der Waals surface area contributed by atoms with E-state index in [1.165, 1.54) is 11.1 Å². The fourth-order valence-corrected chi connectivity index (χ4v) is 2.98. The number of anilines is 1. The fourth-order valence-electron chi connectivity index (χ4n) is 2.98. The van der Waals surface area contributed by atoms with Crippen molar-refractivity contribution in [2.45, 2.75) is 19.4 Å². The van der Waals surface area contributed by atoms with Crippen LogP contribution in [0.5, 0.6) is 0 Å². The molecule has 25 heavy (non-hydrogen) atoms. The van der Waals surface area contributed by atoms with E-state index in [1.54, 1.807) is 12.3 Å². The summed E-state index contributed by atoms with van der Waals surface area (Å²) in [5.41, 5.74) is 3.11. The molecule has 3 rings (SSSR count). The van der Waals surface area contributed by atoms with Gasteiger partial charge in [-0.1, -0.05) is 24.3 Å². The van der Waals surface area contributed by atoms with Gasteiger partial charge in [0.15, 0.2) is 0 Å². The number of hydrogen-bond acceptors (Lipinski definition) is 5. The van der Waals surface area contributed by atoms with Crippen LogP contribution in [0.3, 0.4) is 0 Å². The van der Waals surface area contributed by atoms with Crippen molar-refractivity contribution in [1.82, 2.24) is 20.2 Å². The zero-order valence-corrected chi connectivity index (χ0v) is 14.9. The summed E-state index contributed by atoms with van der Waals surface area (Å²) in [6.07, 6.45) is 3.55. The van der Waals surface area contributed by atoms with Crippen LogP contribution in [0.2, 0.25) is 0 Å². The second kappa shape index (κ2) is 8.07. The Morgan fingerprint density at radius 3 is 2.84 bits per heavy atom. The lowest BCUT2D eigenvalue weighted by atomic mass is 10.0. The Hall–Kier alpha value is -2.47. The van der Waals surface area contributed by atoms with Crippen molar-refractivity contribution in [2.75, 3.05) is 38.6 Å². The third-order valence-electron chi connectivity index (χ3n) is 4.36. The van der Waals surface area contributed by atoms with Crippen LogP contribution in [-0.4, -0.2) is 54.5 Å². The van der Waals surface area contributed by atoms with E-state index in [-0.39, 0.29) is 5.91 Å². The topological polar surface area (TPSA) is 61.4 Å². The van der Waals surface area contributed by atoms with Gasteiger partial charge in [-0.25, -0.2) is 9.97 Å². The van der Waals surface area contributed by atoms with E-state index in [2.05, 4.69) is 49.4 Å². The molecule has 1 aliphatic rings. The number of aromatic nitrogens is 2. The van der Waals surface area contributed by atoms with Crippen molar-refractivity contribution < 1.29 is 4.79 Å². The molecule has 6 nitrogen and oxygen atoms in total. The summed E-state index contributed by atoms with van der Waals surface area (Å²) < 4.78 is 0. The molecule has 1 aliphatic heterocycles. The van der Waals surface area contributed by atoms with Gasteiger partial charge in [-0.05, 0) is 50.7 Å². The third kappa shape index (κ3) is 4.54. The quantitative estimate of drug-likeness (QED) is 0.812. The standard InChI is InChI=1S/C19H25N5O/c1-23(2)12-5-10-20-18(25)17-8-11-21-19(22-17)24-13-9-15-6-3-4-7-16(15)14-24/h3-4,6-8,11H,5,9-10,12-14H2,1-2H3,(H,20,25). The Morgan fingerprint density at radius 2 is 2.04 bits per heavy atom. The summed E-state index contributed by atoms with van der Waals surface area (Å²) in [6.45, 7) is 3.24. The van der Waals surface area contributed by atoms with Crippen molar-refractivity contribution in [3.8, 4) is 0 Å². The molecule has 1 aromatic carbocycles. The number of carbonyl (C=O) groups is 1. The minimum absolute atomic E-state index is 0.139. The van der Waals surface area contributed by atoms with Gasteiger partial charge in [0.1, 0.15) is 5.69 Å². The first-order chi connectivity index (χ1) is 12.1. The Bertz CT molecular complexity index is 731. The van der Waals surface area contributed by atoms with Crippen LogP contribution in [0.1, 0.15) is 28.0 Å². The van der Waals surface area contributed by atoms with Crippen LogP contribution < -0.4 is 10.2 Å². The van der Waals surface area contributed by atoms with Gasteiger partial charge in [-0.15, -0.1) is 0 Å². The summed E-state index contributed by atoms with van der Waals surface area (Å²) in [5.74, 6) is 0.482. The monoisotopic (exact) mass is 339 g/mol. The molecule has 0 bridgehead atoms. The van der Waals surface area contributed by atoms with E-state index in [0.29, 0.717) is 18.2 Å². The maximum atomic E-state index is 12.3. The van der Waals surface area contributed by atoms with Crippen LogP contribution in [0.15, 0.2) is 36.5 Å². The number of rotatable bonds is 6. The predicted molar refractivity (Wildman–Crippen MR) is 98.7 cm³/mol. The van der Waals surface area contributed by atoms with Gasteiger partial charge in [0, 0.05) is 25.8 Å². The van der Waals surface area contributed by atoms with E-state index in [9.17, 15) is 4.79 Å². The van der Waals surface area contributed by atoms with Crippen LogP contribution in [0.4, 0.5) is 5.95 Å². The molecule has 0 spiro atoms. The smallest absolute Gasteiger partial charge is 0.270 e. The summed E-state index contributed by atoms with van der Waals surface area (Å²) >= 11 is 0. The third-order valence-corrected chi connectivity index (χ3v) is 4.36. The SMILES string of the molecule is CN(C)CCCNC(=O)c1ccnc(N2CCc3ccccc3C2)n1. The second-order valence-corrected chi connectivity index (χ2v) is 6.59. The molecule has 0 radical (unpaired) electrons. The minimum Gasteiger partial charge on any atom is -0.351 e. The van der Waals surface area contributed by atoms with Gasteiger partial charge < -0.3 is 15.1 Å². The number of nitrogens with one attached hydrogen (secondary N) is 1. The van der Waals surface area contributed by atoms with E-state index in [4.69, 9.17) is 0 Å². The highest BCUT2D eigenvalue weighted by Gasteiger charge is 2.19. The zero-order valence-electron chi connectivity index (χ0n) is 14.9. The van der Waals surface area contributed by atoms with Crippen LogP contribution in [0, 0.1) is 0 Å². The second-order valence-electron chi connectivity index (χ2n) is 6.59. The first kappa shape index (κ1) is 17.4. The van der Waals surface area contributed by atoms with Crippen molar-refractivity contribution in [1.29, 1.82) is 0 Å². The van der Waals surface area contributed by atoms with Gasteiger partial charge in [-0.2, -0.15) is 0 Å². The van der Waals surface area contributed by atoms with Crippen LogP contribution >= 0.6 is 0 Å². The number of hydrogen-bond donors (Lipinski definition) is 1. The molecule has 0 atom stereocenters. The first-order valence-corrected chi connectivity index (χ1v) is 8.71. The molecular weight excluding hydrogens is 314 g/mol. The number of amides is 1. The van der Waals surface area contributed by atoms with Crippen molar-refractivity contribution in [3.63, 3.8) is 0 Å². The van der Waals surface area contributed by atoms with Gasteiger partial charge in [0.2, 0.25) is 5.95 Å². The average molecular weight is 339 g/mol. The van der Waals surface area contributed by atoms with Gasteiger partial charge >= 0.3 is 0 Å². The Balaban J connectivity index is 1.63. The fraction of sp³-hybridized carbons (Fsp3) is 0.421. The average Bonchev–Trinajstić information content (AvgIpc) is 2.64.